The third-order valence-electron chi connectivity index (χ3n) is 5.85. The molecule has 1 atom stereocenters. The van der Waals surface area contributed by atoms with E-state index in [-0.39, 0.29) is 29.9 Å². The van der Waals surface area contributed by atoms with Gasteiger partial charge in [0.05, 0.1) is 11.3 Å². The Labute approximate surface area is 208 Å². The summed E-state index contributed by atoms with van der Waals surface area (Å²) in [5, 5.41) is 3.00. The average Bonchev–Trinajstić information content (AvgIpc) is 3.14. The lowest BCUT2D eigenvalue weighted by Crippen LogP contribution is -2.50. The number of benzene rings is 1. The van der Waals surface area contributed by atoms with Gasteiger partial charge in [-0.15, -0.1) is 0 Å². The molecule has 1 aliphatic heterocycles. The van der Waals surface area contributed by atoms with E-state index in [1.54, 1.807) is 34.6 Å². The first-order valence-electron chi connectivity index (χ1n) is 11.9. The zero-order valence-electron chi connectivity index (χ0n) is 20.8. The van der Waals surface area contributed by atoms with E-state index in [0.29, 0.717) is 30.1 Å². The number of pyridine rings is 1. The van der Waals surface area contributed by atoms with E-state index in [1.165, 1.54) is 18.2 Å². The molecule has 1 aliphatic rings. The Bertz CT molecular complexity index is 1260. The van der Waals surface area contributed by atoms with Crippen molar-refractivity contribution in [3.05, 3.63) is 65.1 Å². The Hall–Kier alpha value is -3.69. The molecule has 3 heterocycles. The molecule has 3 aromatic rings. The number of hydrogen-bond acceptors (Lipinski definition) is 5. The summed E-state index contributed by atoms with van der Waals surface area (Å²) in [7, 11) is 0. The Morgan fingerprint density at radius 2 is 1.89 bits per heavy atom. The minimum absolute atomic E-state index is 0.187. The SMILES string of the molecule is Cc1nc2c(OCc3c(F)cccc3F)cccn2c1C(=O)N[C@H]1CCCN(C(=O)OC(C)(C)C)C1. The molecule has 0 spiro atoms. The first-order valence-corrected chi connectivity index (χ1v) is 11.9. The fraction of sp³-hybridized carbons (Fsp3) is 0.423. The zero-order chi connectivity index (χ0) is 26.0. The zero-order valence-corrected chi connectivity index (χ0v) is 20.8. The van der Waals surface area contributed by atoms with Crippen molar-refractivity contribution in [1.29, 1.82) is 0 Å². The fourth-order valence-corrected chi connectivity index (χ4v) is 4.20. The van der Waals surface area contributed by atoms with Gasteiger partial charge in [0.2, 0.25) is 0 Å². The number of nitrogens with one attached hydrogen (secondary N) is 1. The van der Waals surface area contributed by atoms with E-state index >= 15 is 0 Å². The first-order chi connectivity index (χ1) is 17.0. The van der Waals surface area contributed by atoms with Gasteiger partial charge < -0.3 is 19.7 Å². The fourth-order valence-electron chi connectivity index (χ4n) is 4.20. The number of imidazole rings is 1. The molecule has 4 rings (SSSR count). The van der Waals surface area contributed by atoms with E-state index in [9.17, 15) is 18.4 Å². The van der Waals surface area contributed by atoms with Crippen LogP contribution in [0.5, 0.6) is 5.75 Å². The first kappa shape index (κ1) is 25.4. The highest BCUT2D eigenvalue weighted by Crippen LogP contribution is 2.25. The summed E-state index contributed by atoms with van der Waals surface area (Å²) in [4.78, 5) is 31.8. The summed E-state index contributed by atoms with van der Waals surface area (Å²) in [5.41, 5.74) is 0.365. The van der Waals surface area contributed by atoms with Gasteiger partial charge in [-0.3, -0.25) is 9.20 Å². The Morgan fingerprint density at radius 1 is 1.17 bits per heavy atom. The van der Waals surface area contributed by atoms with Crippen LogP contribution in [0.4, 0.5) is 13.6 Å². The second-order valence-electron chi connectivity index (χ2n) is 9.84. The van der Waals surface area contributed by atoms with Gasteiger partial charge in [-0.05, 0) is 64.8 Å². The summed E-state index contributed by atoms with van der Waals surface area (Å²) in [6.07, 6.45) is 2.74. The van der Waals surface area contributed by atoms with Crippen LogP contribution in [0.25, 0.3) is 5.65 Å². The van der Waals surface area contributed by atoms with Crippen molar-refractivity contribution in [1.82, 2.24) is 19.6 Å². The number of aromatic nitrogens is 2. The highest BCUT2D eigenvalue weighted by atomic mass is 19.1. The third kappa shape index (κ3) is 5.58. The largest absolute Gasteiger partial charge is 0.485 e. The number of carbonyl (C=O) groups excluding carboxylic acids is 2. The second-order valence-corrected chi connectivity index (χ2v) is 9.84. The van der Waals surface area contributed by atoms with Gasteiger partial charge in [-0.2, -0.15) is 0 Å². The molecule has 1 saturated heterocycles. The predicted octanol–water partition coefficient (Wildman–Crippen LogP) is 4.63. The standard InChI is InChI=1S/C26H30F2N4O4/c1-16-22(24(33)30-17-8-6-12-31(14-17)25(34)36-26(2,3)4)32-13-7-11-21(23(32)29-16)35-15-18-19(27)9-5-10-20(18)28/h5,7,9-11,13,17H,6,8,12,14-15H2,1-4H3,(H,30,33)/t17-/m0/s1. The van der Waals surface area contributed by atoms with Gasteiger partial charge >= 0.3 is 6.09 Å². The maximum atomic E-state index is 14.0. The number of amides is 2. The van der Waals surface area contributed by atoms with E-state index in [1.807, 2.05) is 20.8 Å². The molecule has 0 radical (unpaired) electrons. The molecule has 1 aromatic carbocycles. The van der Waals surface area contributed by atoms with Gasteiger partial charge in [-0.1, -0.05) is 6.07 Å². The molecule has 2 amide bonds. The number of likely N-dealkylation sites (tertiary alicyclic amines) is 1. The normalized spacial score (nSPS) is 16.2. The molecule has 192 valence electrons. The number of halogens is 2. The van der Waals surface area contributed by atoms with Crippen LogP contribution in [0.3, 0.4) is 0 Å². The van der Waals surface area contributed by atoms with Gasteiger partial charge in [-0.25, -0.2) is 18.6 Å². The highest BCUT2D eigenvalue weighted by Gasteiger charge is 2.29. The maximum Gasteiger partial charge on any atom is 0.410 e. The summed E-state index contributed by atoms with van der Waals surface area (Å²) in [5.74, 6) is -1.45. The number of aryl methyl sites for hydroxylation is 1. The summed E-state index contributed by atoms with van der Waals surface area (Å²) in [6.45, 7) is 7.73. The number of rotatable bonds is 5. The number of hydrogen-bond donors (Lipinski definition) is 1. The van der Waals surface area contributed by atoms with Crippen molar-refractivity contribution in [2.24, 2.45) is 0 Å². The van der Waals surface area contributed by atoms with E-state index < -0.39 is 23.3 Å². The van der Waals surface area contributed by atoms with Crippen molar-refractivity contribution < 1.29 is 27.8 Å². The Balaban J connectivity index is 1.49. The van der Waals surface area contributed by atoms with E-state index in [2.05, 4.69) is 10.3 Å². The van der Waals surface area contributed by atoms with Crippen LogP contribution in [0.2, 0.25) is 0 Å². The molecule has 0 saturated carbocycles. The number of fused-ring (bicyclic) bond motifs is 1. The van der Waals surface area contributed by atoms with Crippen molar-refractivity contribution in [3.63, 3.8) is 0 Å². The van der Waals surface area contributed by atoms with E-state index in [4.69, 9.17) is 9.47 Å². The van der Waals surface area contributed by atoms with E-state index in [0.717, 1.165) is 12.8 Å². The minimum atomic E-state index is -0.700. The summed E-state index contributed by atoms with van der Waals surface area (Å²) in [6, 6.07) is 6.67. The van der Waals surface area contributed by atoms with Gasteiger partial charge in [0.15, 0.2) is 11.4 Å². The lowest BCUT2D eigenvalue weighted by atomic mass is 10.1. The van der Waals surface area contributed by atoms with Crippen LogP contribution in [0, 0.1) is 18.6 Å². The number of piperidine rings is 1. The Kier molecular flexibility index (Phi) is 7.14. The quantitative estimate of drug-likeness (QED) is 0.552. The topological polar surface area (TPSA) is 85.2 Å². The average molecular weight is 501 g/mol. The second kappa shape index (κ2) is 10.1. The van der Waals surface area contributed by atoms with Crippen LogP contribution in [0.15, 0.2) is 36.5 Å². The number of carbonyl (C=O) groups is 2. The minimum Gasteiger partial charge on any atom is -0.485 e. The molecule has 0 unspecified atom stereocenters. The molecule has 0 aliphatic carbocycles. The Morgan fingerprint density at radius 3 is 2.58 bits per heavy atom. The molecule has 1 N–H and O–H groups in total. The van der Waals surface area contributed by atoms with Crippen molar-refractivity contribution in [2.75, 3.05) is 13.1 Å². The predicted molar refractivity (Wildman–Crippen MR) is 129 cm³/mol. The van der Waals surface area contributed by atoms with Crippen molar-refractivity contribution >= 4 is 17.6 Å². The third-order valence-corrected chi connectivity index (χ3v) is 5.85. The lowest BCUT2D eigenvalue weighted by Gasteiger charge is -2.34. The van der Waals surface area contributed by atoms with Gasteiger partial charge in [0.1, 0.15) is 29.5 Å². The monoisotopic (exact) mass is 500 g/mol. The molecule has 10 heteroatoms. The molecule has 1 fully saturated rings. The van der Waals surface area contributed by atoms with Crippen LogP contribution in [0.1, 0.15) is 55.4 Å². The molecular formula is C26H30F2N4O4. The molecule has 8 nitrogen and oxygen atoms in total. The molecule has 2 aromatic heterocycles. The van der Waals surface area contributed by atoms with Gasteiger partial charge in [0, 0.05) is 25.3 Å². The molecular weight excluding hydrogens is 470 g/mol. The molecule has 0 bridgehead atoms. The van der Waals surface area contributed by atoms with Crippen molar-refractivity contribution in [2.45, 2.75) is 58.8 Å². The summed E-state index contributed by atoms with van der Waals surface area (Å²) < 4.78 is 40.7. The maximum absolute atomic E-state index is 14.0. The number of nitrogens with zero attached hydrogens (tertiary/aromatic N) is 3. The van der Waals surface area contributed by atoms with Gasteiger partial charge in [0.25, 0.3) is 5.91 Å². The highest BCUT2D eigenvalue weighted by molar-refractivity contribution is 5.95. The van der Waals surface area contributed by atoms with Crippen LogP contribution < -0.4 is 10.1 Å². The summed E-state index contributed by atoms with van der Waals surface area (Å²) >= 11 is 0. The van der Waals surface area contributed by atoms with Crippen LogP contribution in [-0.2, 0) is 11.3 Å². The van der Waals surface area contributed by atoms with Crippen LogP contribution in [-0.4, -0.2) is 51.0 Å². The number of ether oxygens (including phenoxy) is 2. The van der Waals surface area contributed by atoms with Crippen molar-refractivity contribution in [3.8, 4) is 5.75 Å². The molecule has 36 heavy (non-hydrogen) atoms. The smallest absolute Gasteiger partial charge is 0.410 e. The lowest BCUT2D eigenvalue weighted by molar-refractivity contribution is 0.0185. The van der Waals surface area contributed by atoms with Crippen LogP contribution >= 0.6 is 0 Å².